The van der Waals surface area contributed by atoms with Gasteiger partial charge in [0.15, 0.2) is 0 Å². The predicted molar refractivity (Wildman–Crippen MR) is 52.9 cm³/mol. The van der Waals surface area contributed by atoms with Crippen molar-refractivity contribution < 1.29 is 0 Å². The molecule has 0 bridgehead atoms. The minimum absolute atomic E-state index is 0.891. The molecule has 0 saturated heterocycles. The first-order chi connectivity index (χ1) is 5.77. The Balaban J connectivity index is 1.91. The molecule has 0 aromatic carbocycles. The van der Waals surface area contributed by atoms with E-state index in [0.29, 0.717) is 0 Å². The normalized spacial score (nSPS) is 39.4. The topological polar surface area (TPSA) is 0 Å². The third-order valence-electron chi connectivity index (χ3n) is 3.40. The monoisotopic (exact) mass is 164 g/mol. The van der Waals surface area contributed by atoms with E-state index < -0.39 is 0 Å². The minimum Gasteiger partial charge on any atom is -0.0882 e. The number of hydrogen-bond acceptors (Lipinski definition) is 0. The van der Waals surface area contributed by atoms with E-state index in [1.165, 1.54) is 25.7 Å². The Labute approximate surface area is 76.1 Å². The zero-order chi connectivity index (χ0) is 8.55. The second-order valence-corrected chi connectivity index (χ2v) is 4.99. The van der Waals surface area contributed by atoms with Crippen molar-refractivity contribution in [1.82, 2.24) is 0 Å². The van der Waals surface area contributed by atoms with Gasteiger partial charge in [-0.15, -0.1) is 0 Å². The lowest BCUT2D eigenvalue weighted by atomic mass is 9.90. The van der Waals surface area contributed by atoms with Gasteiger partial charge in [-0.3, -0.25) is 0 Å². The van der Waals surface area contributed by atoms with E-state index in [1.807, 2.05) is 0 Å². The van der Waals surface area contributed by atoms with Crippen LogP contribution in [-0.4, -0.2) is 0 Å². The molecule has 2 rings (SSSR count). The highest BCUT2D eigenvalue weighted by Crippen LogP contribution is 2.51. The maximum Gasteiger partial charge on any atom is -0.0319 e. The van der Waals surface area contributed by atoms with Crippen molar-refractivity contribution in [3.05, 3.63) is 12.2 Å². The summed E-state index contributed by atoms with van der Waals surface area (Å²) in [4.78, 5) is 0. The molecule has 0 aliphatic heterocycles. The molecule has 12 heavy (non-hydrogen) atoms. The van der Waals surface area contributed by atoms with Gasteiger partial charge in [0.2, 0.25) is 0 Å². The van der Waals surface area contributed by atoms with E-state index in [2.05, 4.69) is 26.0 Å². The van der Waals surface area contributed by atoms with Gasteiger partial charge < -0.3 is 0 Å². The summed E-state index contributed by atoms with van der Waals surface area (Å²) in [6.45, 7) is 4.71. The highest BCUT2D eigenvalue weighted by Gasteiger charge is 2.42. The first kappa shape index (κ1) is 8.34. The van der Waals surface area contributed by atoms with Crippen LogP contribution in [0.2, 0.25) is 0 Å². The molecule has 0 spiro atoms. The molecule has 0 amide bonds. The molecule has 0 aromatic rings. The number of rotatable bonds is 2. The molecule has 0 radical (unpaired) electrons. The molecule has 2 aliphatic rings. The molecule has 0 heteroatoms. The van der Waals surface area contributed by atoms with E-state index in [9.17, 15) is 0 Å². The van der Waals surface area contributed by atoms with Crippen LogP contribution in [0.4, 0.5) is 0 Å². The first-order valence-corrected chi connectivity index (χ1v) is 5.42. The summed E-state index contributed by atoms with van der Waals surface area (Å²) in [5.41, 5.74) is 0. The van der Waals surface area contributed by atoms with Gasteiger partial charge in [0, 0.05) is 0 Å². The Morgan fingerprint density at radius 3 is 2.75 bits per heavy atom. The molecular weight excluding hydrogens is 144 g/mol. The van der Waals surface area contributed by atoms with Gasteiger partial charge in [0.05, 0.1) is 0 Å². The van der Waals surface area contributed by atoms with Crippen molar-refractivity contribution in [3.63, 3.8) is 0 Å². The van der Waals surface area contributed by atoms with Crippen molar-refractivity contribution in [3.8, 4) is 0 Å². The van der Waals surface area contributed by atoms with Crippen LogP contribution in [0, 0.1) is 23.7 Å². The average molecular weight is 164 g/mol. The Kier molecular flexibility index (Phi) is 2.25. The molecule has 3 unspecified atom stereocenters. The summed E-state index contributed by atoms with van der Waals surface area (Å²) < 4.78 is 0. The summed E-state index contributed by atoms with van der Waals surface area (Å²) in [7, 11) is 0. The summed E-state index contributed by atoms with van der Waals surface area (Å²) in [6, 6.07) is 0. The quantitative estimate of drug-likeness (QED) is 0.547. The predicted octanol–water partition coefficient (Wildman–Crippen LogP) is 3.63. The maximum atomic E-state index is 2.42. The first-order valence-electron chi connectivity index (χ1n) is 5.42. The van der Waals surface area contributed by atoms with E-state index >= 15 is 0 Å². The fourth-order valence-corrected chi connectivity index (χ4v) is 2.71. The number of allylic oxidation sites excluding steroid dienone is 2. The van der Waals surface area contributed by atoms with E-state index in [-0.39, 0.29) is 0 Å². The Bertz CT molecular complexity index is 178. The van der Waals surface area contributed by atoms with Crippen molar-refractivity contribution in [2.75, 3.05) is 0 Å². The van der Waals surface area contributed by atoms with E-state index in [4.69, 9.17) is 0 Å². The van der Waals surface area contributed by atoms with Crippen LogP contribution >= 0.6 is 0 Å². The van der Waals surface area contributed by atoms with Crippen molar-refractivity contribution in [1.29, 1.82) is 0 Å². The number of fused-ring (bicyclic) bond motifs is 1. The van der Waals surface area contributed by atoms with E-state index in [1.54, 1.807) is 0 Å². The molecule has 0 heterocycles. The third kappa shape index (κ3) is 1.73. The van der Waals surface area contributed by atoms with Crippen LogP contribution in [0.25, 0.3) is 0 Å². The second kappa shape index (κ2) is 3.24. The van der Waals surface area contributed by atoms with Gasteiger partial charge in [-0.05, 0) is 49.4 Å². The Morgan fingerprint density at radius 1 is 1.25 bits per heavy atom. The summed E-state index contributed by atoms with van der Waals surface area (Å²) >= 11 is 0. The van der Waals surface area contributed by atoms with Gasteiger partial charge in [0.25, 0.3) is 0 Å². The summed E-state index contributed by atoms with van der Waals surface area (Å²) in [5, 5.41) is 0. The van der Waals surface area contributed by atoms with Crippen LogP contribution in [-0.2, 0) is 0 Å². The standard InChI is InChI=1S/C12H20/c1-9(2)7-10-5-3-4-6-11-8-12(10)11/h3-4,9-12H,5-8H2,1-2H3. The average Bonchev–Trinajstić information content (AvgIpc) is 2.71. The lowest BCUT2D eigenvalue weighted by Gasteiger charge is -2.16. The fourth-order valence-electron chi connectivity index (χ4n) is 2.71. The molecular formula is C12H20. The minimum atomic E-state index is 0.891. The molecule has 3 atom stereocenters. The van der Waals surface area contributed by atoms with Crippen LogP contribution in [0.3, 0.4) is 0 Å². The van der Waals surface area contributed by atoms with Crippen LogP contribution in [0.1, 0.15) is 39.5 Å². The lowest BCUT2D eigenvalue weighted by Crippen LogP contribution is -2.06. The molecule has 1 fully saturated rings. The lowest BCUT2D eigenvalue weighted by molar-refractivity contribution is 0.360. The Morgan fingerprint density at radius 2 is 2.00 bits per heavy atom. The molecule has 0 aromatic heterocycles. The van der Waals surface area contributed by atoms with Gasteiger partial charge >= 0.3 is 0 Å². The SMILES string of the molecule is CC(C)CC1CC=CCC2CC12. The van der Waals surface area contributed by atoms with Crippen molar-refractivity contribution >= 4 is 0 Å². The zero-order valence-electron chi connectivity index (χ0n) is 8.29. The van der Waals surface area contributed by atoms with Crippen LogP contribution in [0.5, 0.6) is 0 Å². The van der Waals surface area contributed by atoms with E-state index in [0.717, 1.165) is 23.7 Å². The van der Waals surface area contributed by atoms with Gasteiger partial charge in [-0.2, -0.15) is 0 Å². The van der Waals surface area contributed by atoms with Gasteiger partial charge in [0.1, 0.15) is 0 Å². The molecule has 2 aliphatic carbocycles. The highest BCUT2D eigenvalue weighted by molar-refractivity contribution is 5.02. The van der Waals surface area contributed by atoms with Crippen LogP contribution in [0.15, 0.2) is 12.2 Å². The second-order valence-electron chi connectivity index (χ2n) is 4.99. The number of hydrogen-bond donors (Lipinski definition) is 0. The molecule has 68 valence electrons. The smallest absolute Gasteiger partial charge is 0.0319 e. The molecule has 0 nitrogen and oxygen atoms in total. The summed E-state index contributed by atoms with van der Waals surface area (Å²) in [6.07, 6.45) is 10.5. The van der Waals surface area contributed by atoms with Crippen molar-refractivity contribution in [2.45, 2.75) is 39.5 Å². The molecule has 1 saturated carbocycles. The van der Waals surface area contributed by atoms with Crippen LogP contribution < -0.4 is 0 Å². The largest absolute Gasteiger partial charge is 0.0882 e. The van der Waals surface area contributed by atoms with Gasteiger partial charge in [-0.1, -0.05) is 26.0 Å². The summed E-state index contributed by atoms with van der Waals surface area (Å²) in [5.74, 6) is 4.09. The third-order valence-corrected chi connectivity index (χ3v) is 3.40. The zero-order valence-corrected chi connectivity index (χ0v) is 8.29. The fraction of sp³-hybridized carbons (Fsp3) is 0.833. The van der Waals surface area contributed by atoms with Gasteiger partial charge in [-0.25, -0.2) is 0 Å². The molecule has 0 N–H and O–H groups in total. The maximum absolute atomic E-state index is 2.42. The van der Waals surface area contributed by atoms with Crippen molar-refractivity contribution in [2.24, 2.45) is 23.7 Å². The Hall–Kier alpha value is -0.260. The highest BCUT2D eigenvalue weighted by atomic mass is 14.5.